The monoisotopic (exact) mass is 336 g/mol. The summed E-state index contributed by atoms with van der Waals surface area (Å²) in [5.41, 5.74) is 0. The minimum atomic E-state index is 0.251. The fraction of sp³-hybridized carbons (Fsp3) is 0.0769. The van der Waals surface area contributed by atoms with Gasteiger partial charge in [0.25, 0.3) is 11.8 Å². The summed E-state index contributed by atoms with van der Waals surface area (Å²) in [5.74, 6) is 1.73. The van der Waals surface area contributed by atoms with Crippen LogP contribution >= 0.6 is 27.3 Å². The van der Waals surface area contributed by atoms with Crippen molar-refractivity contribution in [3.8, 4) is 16.5 Å². The van der Waals surface area contributed by atoms with E-state index < -0.39 is 0 Å². The van der Waals surface area contributed by atoms with Gasteiger partial charge in [-0.05, 0) is 39.5 Å². The van der Waals surface area contributed by atoms with Crippen LogP contribution in [-0.2, 0) is 6.61 Å². The zero-order valence-electron chi connectivity index (χ0n) is 9.75. The summed E-state index contributed by atoms with van der Waals surface area (Å²) in [7, 11) is 0. The first-order valence-corrected chi connectivity index (χ1v) is 7.24. The van der Waals surface area contributed by atoms with E-state index in [1.165, 1.54) is 0 Å². The van der Waals surface area contributed by atoms with Crippen LogP contribution in [0, 0.1) is 0 Å². The fourth-order valence-corrected chi connectivity index (χ4v) is 2.56. The molecule has 0 aliphatic rings. The van der Waals surface area contributed by atoms with Gasteiger partial charge in [-0.15, -0.1) is 21.5 Å². The molecule has 1 aromatic carbocycles. The average molecular weight is 337 g/mol. The van der Waals surface area contributed by atoms with Crippen LogP contribution in [0.25, 0.3) is 10.8 Å². The van der Waals surface area contributed by atoms with E-state index in [2.05, 4.69) is 26.1 Å². The largest absolute Gasteiger partial charge is 0.483 e. The van der Waals surface area contributed by atoms with Gasteiger partial charge in [0.1, 0.15) is 5.75 Å². The number of rotatable bonds is 4. The highest BCUT2D eigenvalue weighted by Gasteiger charge is 2.10. The van der Waals surface area contributed by atoms with Gasteiger partial charge < -0.3 is 9.15 Å². The molecule has 0 aliphatic heterocycles. The van der Waals surface area contributed by atoms with Gasteiger partial charge in [-0.25, -0.2) is 0 Å². The normalized spacial score (nSPS) is 10.6. The zero-order valence-corrected chi connectivity index (χ0v) is 12.1. The van der Waals surface area contributed by atoms with Crippen molar-refractivity contribution in [3.05, 3.63) is 52.1 Å². The number of nitrogens with zero attached hydrogens (tertiary/aromatic N) is 2. The second kappa shape index (κ2) is 5.54. The first-order chi connectivity index (χ1) is 9.33. The lowest BCUT2D eigenvalue weighted by Crippen LogP contribution is -1.96. The number of aromatic nitrogens is 2. The van der Waals surface area contributed by atoms with Gasteiger partial charge in [-0.3, -0.25) is 0 Å². The van der Waals surface area contributed by atoms with Gasteiger partial charge in [0.15, 0.2) is 6.61 Å². The summed E-state index contributed by atoms with van der Waals surface area (Å²) >= 11 is 4.98. The number of halogens is 1. The van der Waals surface area contributed by atoms with E-state index >= 15 is 0 Å². The summed E-state index contributed by atoms with van der Waals surface area (Å²) in [4.78, 5) is 0.958. The maximum atomic E-state index is 5.61. The van der Waals surface area contributed by atoms with Crippen LogP contribution in [0.3, 0.4) is 0 Å². The predicted octanol–water partition coefficient (Wildman–Crippen LogP) is 4.14. The minimum Gasteiger partial charge on any atom is -0.483 e. The van der Waals surface area contributed by atoms with Crippen molar-refractivity contribution < 1.29 is 9.15 Å². The number of hydrogen-bond acceptors (Lipinski definition) is 5. The standard InChI is InChI=1S/C13H9BrN2O2S/c14-9-4-1-2-5-10(9)17-8-12-15-16-13(18-12)11-6-3-7-19-11/h1-7H,8H2. The lowest BCUT2D eigenvalue weighted by molar-refractivity contribution is 0.263. The topological polar surface area (TPSA) is 48.2 Å². The number of para-hydroxylation sites is 1. The third kappa shape index (κ3) is 2.85. The number of hydrogen-bond donors (Lipinski definition) is 0. The van der Waals surface area contributed by atoms with Gasteiger partial charge in [-0.2, -0.15) is 0 Å². The molecular weight excluding hydrogens is 328 g/mol. The smallest absolute Gasteiger partial charge is 0.257 e. The van der Waals surface area contributed by atoms with Crippen LogP contribution in [0.2, 0.25) is 0 Å². The van der Waals surface area contributed by atoms with Crippen molar-refractivity contribution in [2.24, 2.45) is 0 Å². The summed E-state index contributed by atoms with van der Waals surface area (Å²) in [6, 6.07) is 11.5. The predicted molar refractivity (Wildman–Crippen MR) is 76.1 cm³/mol. The second-order valence-corrected chi connectivity index (χ2v) is 5.50. The Kier molecular flexibility index (Phi) is 3.61. The van der Waals surface area contributed by atoms with Gasteiger partial charge in [0, 0.05) is 0 Å². The van der Waals surface area contributed by atoms with Gasteiger partial charge in [0.05, 0.1) is 9.35 Å². The Labute approximate surface area is 122 Å². The lowest BCUT2D eigenvalue weighted by Gasteiger charge is -2.04. The Morgan fingerprint density at radius 3 is 2.84 bits per heavy atom. The van der Waals surface area contributed by atoms with Crippen molar-refractivity contribution in [1.82, 2.24) is 10.2 Å². The molecule has 0 N–H and O–H groups in total. The van der Waals surface area contributed by atoms with E-state index in [0.29, 0.717) is 11.8 Å². The van der Waals surface area contributed by atoms with Crippen LogP contribution in [0.15, 0.2) is 50.7 Å². The molecule has 0 radical (unpaired) electrons. The lowest BCUT2D eigenvalue weighted by atomic mass is 10.3. The van der Waals surface area contributed by atoms with Crippen molar-refractivity contribution in [2.45, 2.75) is 6.61 Å². The van der Waals surface area contributed by atoms with E-state index in [1.54, 1.807) is 11.3 Å². The van der Waals surface area contributed by atoms with Crippen LogP contribution in [0.1, 0.15) is 5.89 Å². The van der Waals surface area contributed by atoms with E-state index in [9.17, 15) is 0 Å². The van der Waals surface area contributed by atoms with Crippen molar-refractivity contribution in [3.63, 3.8) is 0 Å². The number of ether oxygens (including phenoxy) is 1. The Bertz CT molecular complexity index is 667. The van der Waals surface area contributed by atoms with E-state index in [1.807, 2.05) is 41.8 Å². The average Bonchev–Trinajstić information content (AvgIpc) is 3.09. The highest BCUT2D eigenvalue weighted by molar-refractivity contribution is 9.10. The fourth-order valence-electron chi connectivity index (χ4n) is 1.51. The van der Waals surface area contributed by atoms with Gasteiger partial charge in [0.2, 0.25) is 0 Å². The van der Waals surface area contributed by atoms with E-state index in [-0.39, 0.29) is 6.61 Å². The summed E-state index contributed by atoms with van der Waals surface area (Å²) in [6.07, 6.45) is 0. The molecule has 0 unspecified atom stereocenters. The molecule has 4 nitrogen and oxygen atoms in total. The van der Waals surface area contributed by atoms with Crippen molar-refractivity contribution in [2.75, 3.05) is 0 Å². The zero-order chi connectivity index (χ0) is 13.1. The highest BCUT2D eigenvalue weighted by Crippen LogP contribution is 2.26. The van der Waals surface area contributed by atoms with Crippen LogP contribution in [-0.4, -0.2) is 10.2 Å². The van der Waals surface area contributed by atoms with Crippen LogP contribution in [0.4, 0.5) is 0 Å². The van der Waals surface area contributed by atoms with Crippen LogP contribution in [0.5, 0.6) is 5.75 Å². The summed E-state index contributed by atoms with van der Waals surface area (Å²) < 4.78 is 12.0. The number of thiophene rings is 1. The molecule has 0 aliphatic carbocycles. The number of benzene rings is 1. The van der Waals surface area contributed by atoms with Crippen LogP contribution < -0.4 is 4.74 Å². The molecule has 3 rings (SSSR count). The molecule has 96 valence electrons. The second-order valence-electron chi connectivity index (χ2n) is 3.70. The summed E-state index contributed by atoms with van der Waals surface area (Å²) in [6.45, 7) is 0.251. The van der Waals surface area contributed by atoms with Crippen molar-refractivity contribution in [1.29, 1.82) is 0 Å². The first-order valence-electron chi connectivity index (χ1n) is 5.56. The van der Waals surface area contributed by atoms with E-state index in [4.69, 9.17) is 9.15 Å². The third-order valence-corrected chi connectivity index (χ3v) is 3.90. The molecule has 0 fully saturated rings. The maximum Gasteiger partial charge on any atom is 0.257 e. The molecular formula is C13H9BrN2O2S. The third-order valence-electron chi connectivity index (χ3n) is 2.39. The molecule has 6 heteroatoms. The minimum absolute atomic E-state index is 0.251. The highest BCUT2D eigenvalue weighted by atomic mass is 79.9. The summed E-state index contributed by atoms with van der Waals surface area (Å²) in [5, 5.41) is 9.93. The molecule has 0 saturated carbocycles. The molecule has 0 saturated heterocycles. The quantitative estimate of drug-likeness (QED) is 0.718. The maximum absolute atomic E-state index is 5.61. The molecule has 0 bridgehead atoms. The Hall–Kier alpha value is -1.66. The molecule has 0 amide bonds. The van der Waals surface area contributed by atoms with Crippen molar-refractivity contribution >= 4 is 27.3 Å². The molecule has 0 spiro atoms. The Balaban J connectivity index is 1.70. The van der Waals surface area contributed by atoms with Gasteiger partial charge in [-0.1, -0.05) is 18.2 Å². The van der Waals surface area contributed by atoms with Gasteiger partial charge >= 0.3 is 0 Å². The molecule has 3 aromatic rings. The first kappa shape index (κ1) is 12.4. The Morgan fingerprint density at radius 1 is 1.16 bits per heavy atom. The molecule has 2 heterocycles. The molecule has 2 aromatic heterocycles. The van der Waals surface area contributed by atoms with E-state index in [0.717, 1.165) is 15.1 Å². The SMILES string of the molecule is Brc1ccccc1OCc1nnc(-c2cccs2)o1. The molecule has 0 atom stereocenters. The molecule has 19 heavy (non-hydrogen) atoms. The Morgan fingerprint density at radius 2 is 2.05 bits per heavy atom.